The zero-order chi connectivity index (χ0) is 19.4. The van der Waals surface area contributed by atoms with Crippen LogP contribution in [0.3, 0.4) is 0 Å². The predicted octanol–water partition coefficient (Wildman–Crippen LogP) is 2.24. The number of hydrogen-bond donors (Lipinski definition) is 1. The topological polar surface area (TPSA) is 76.4 Å². The lowest BCUT2D eigenvalue weighted by Crippen LogP contribution is -2.59. The molecule has 1 aromatic rings. The maximum atomic E-state index is 12.6. The SMILES string of the molecule is CCCC(C)C(=O)N1CCC2(CC1)NCC(=O)N2Cc1ccccc1C#N. The van der Waals surface area contributed by atoms with Gasteiger partial charge in [0.2, 0.25) is 11.8 Å². The fourth-order valence-corrected chi connectivity index (χ4v) is 4.26. The third kappa shape index (κ3) is 3.84. The van der Waals surface area contributed by atoms with Crippen LogP contribution in [0.25, 0.3) is 0 Å². The molecule has 2 heterocycles. The molecule has 6 heteroatoms. The Kier molecular flexibility index (Phi) is 5.81. The number of rotatable bonds is 5. The van der Waals surface area contributed by atoms with Crippen molar-refractivity contribution >= 4 is 11.8 Å². The molecule has 27 heavy (non-hydrogen) atoms. The van der Waals surface area contributed by atoms with Crippen LogP contribution < -0.4 is 5.32 Å². The van der Waals surface area contributed by atoms with Gasteiger partial charge in [-0.3, -0.25) is 14.9 Å². The Morgan fingerprint density at radius 1 is 1.33 bits per heavy atom. The number of nitrogens with one attached hydrogen (secondary N) is 1. The zero-order valence-electron chi connectivity index (χ0n) is 16.2. The number of likely N-dealkylation sites (tertiary alicyclic amines) is 1. The van der Waals surface area contributed by atoms with E-state index in [1.807, 2.05) is 34.9 Å². The van der Waals surface area contributed by atoms with Gasteiger partial charge >= 0.3 is 0 Å². The number of piperidine rings is 1. The van der Waals surface area contributed by atoms with Crippen LogP contribution in [0.2, 0.25) is 0 Å². The number of nitrogens with zero attached hydrogens (tertiary/aromatic N) is 3. The first-order valence-electron chi connectivity index (χ1n) is 9.83. The van der Waals surface area contributed by atoms with Gasteiger partial charge in [0.25, 0.3) is 0 Å². The number of carbonyl (C=O) groups is 2. The van der Waals surface area contributed by atoms with Gasteiger partial charge in [0, 0.05) is 38.4 Å². The lowest BCUT2D eigenvalue weighted by molar-refractivity contribution is -0.140. The maximum absolute atomic E-state index is 12.6. The average Bonchev–Trinajstić information content (AvgIpc) is 2.98. The van der Waals surface area contributed by atoms with Gasteiger partial charge in [-0.15, -0.1) is 0 Å². The summed E-state index contributed by atoms with van der Waals surface area (Å²) in [6.45, 7) is 6.15. The van der Waals surface area contributed by atoms with Gasteiger partial charge in [0.1, 0.15) is 0 Å². The molecule has 0 bridgehead atoms. The number of nitriles is 1. The molecule has 1 N–H and O–H groups in total. The third-order valence-corrected chi connectivity index (χ3v) is 5.90. The summed E-state index contributed by atoms with van der Waals surface area (Å²) in [5.41, 5.74) is 1.06. The van der Waals surface area contributed by atoms with Crippen molar-refractivity contribution in [3.8, 4) is 6.07 Å². The Morgan fingerprint density at radius 2 is 2.04 bits per heavy atom. The van der Waals surface area contributed by atoms with Crippen molar-refractivity contribution in [1.29, 1.82) is 5.26 Å². The van der Waals surface area contributed by atoms with Gasteiger partial charge in [-0.05, 0) is 18.1 Å². The van der Waals surface area contributed by atoms with Crippen LogP contribution in [-0.4, -0.2) is 46.9 Å². The molecule has 0 aliphatic carbocycles. The minimum atomic E-state index is -0.412. The maximum Gasteiger partial charge on any atom is 0.238 e. The highest BCUT2D eigenvalue weighted by Gasteiger charge is 2.47. The summed E-state index contributed by atoms with van der Waals surface area (Å²) in [5, 5.41) is 12.7. The standard InChI is InChI=1S/C21H28N4O2/c1-3-6-16(2)20(27)24-11-9-21(10-12-24)23-14-19(26)25(21)15-18-8-5-4-7-17(18)13-22/h4-5,7-8,16,23H,3,6,9-12,14-15H2,1-2H3. The fourth-order valence-electron chi connectivity index (χ4n) is 4.26. The van der Waals surface area contributed by atoms with Crippen LogP contribution in [0.5, 0.6) is 0 Å². The van der Waals surface area contributed by atoms with Crippen LogP contribution in [0.1, 0.15) is 50.7 Å². The van der Waals surface area contributed by atoms with E-state index in [4.69, 9.17) is 0 Å². The molecule has 1 unspecified atom stereocenters. The summed E-state index contributed by atoms with van der Waals surface area (Å²) in [6.07, 6.45) is 3.36. The summed E-state index contributed by atoms with van der Waals surface area (Å²) in [5.74, 6) is 0.333. The van der Waals surface area contributed by atoms with Gasteiger partial charge in [0.15, 0.2) is 0 Å². The number of amides is 2. The van der Waals surface area contributed by atoms with Crippen molar-refractivity contribution < 1.29 is 9.59 Å². The highest BCUT2D eigenvalue weighted by atomic mass is 16.2. The van der Waals surface area contributed by atoms with Crippen molar-refractivity contribution in [1.82, 2.24) is 15.1 Å². The summed E-state index contributed by atoms with van der Waals surface area (Å²) in [7, 11) is 0. The lowest BCUT2D eigenvalue weighted by atomic mass is 9.93. The van der Waals surface area contributed by atoms with E-state index in [-0.39, 0.29) is 17.7 Å². The smallest absolute Gasteiger partial charge is 0.238 e. The van der Waals surface area contributed by atoms with Crippen molar-refractivity contribution in [2.75, 3.05) is 19.6 Å². The number of benzene rings is 1. The molecule has 2 amide bonds. The van der Waals surface area contributed by atoms with Gasteiger partial charge in [-0.1, -0.05) is 38.5 Å². The van der Waals surface area contributed by atoms with E-state index in [1.165, 1.54) is 0 Å². The van der Waals surface area contributed by atoms with Crippen molar-refractivity contribution in [2.24, 2.45) is 5.92 Å². The highest BCUT2D eigenvalue weighted by Crippen LogP contribution is 2.32. The Balaban J connectivity index is 1.71. The molecule has 2 fully saturated rings. The van der Waals surface area contributed by atoms with E-state index < -0.39 is 5.66 Å². The fraction of sp³-hybridized carbons (Fsp3) is 0.571. The molecular formula is C21H28N4O2. The first-order valence-corrected chi connectivity index (χ1v) is 9.83. The Hall–Kier alpha value is -2.39. The van der Waals surface area contributed by atoms with Gasteiger partial charge in [-0.25, -0.2) is 0 Å². The monoisotopic (exact) mass is 368 g/mol. The van der Waals surface area contributed by atoms with Crippen molar-refractivity contribution in [3.63, 3.8) is 0 Å². The average molecular weight is 368 g/mol. The highest BCUT2D eigenvalue weighted by molar-refractivity contribution is 5.82. The first-order chi connectivity index (χ1) is 13.0. The Labute approximate surface area is 161 Å². The predicted molar refractivity (Wildman–Crippen MR) is 102 cm³/mol. The molecule has 0 radical (unpaired) electrons. The van der Waals surface area contributed by atoms with Gasteiger partial charge < -0.3 is 9.80 Å². The minimum Gasteiger partial charge on any atom is -0.342 e. The summed E-state index contributed by atoms with van der Waals surface area (Å²) in [4.78, 5) is 29.0. The second-order valence-electron chi connectivity index (χ2n) is 7.65. The summed E-state index contributed by atoms with van der Waals surface area (Å²) in [6, 6.07) is 9.63. The molecule has 6 nitrogen and oxygen atoms in total. The van der Waals surface area contributed by atoms with Crippen molar-refractivity contribution in [3.05, 3.63) is 35.4 Å². The largest absolute Gasteiger partial charge is 0.342 e. The van der Waals surface area contributed by atoms with Crippen molar-refractivity contribution in [2.45, 2.75) is 51.7 Å². The van der Waals surface area contributed by atoms with Gasteiger partial charge in [-0.2, -0.15) is 5.26 Å². The van der Waals surface area contributed by atoms with Crippen LogP contribution >= 0.6 is 0 Å². The molecule has 2 saturated heterocycles. The van der Waals surface area contributed by atoms with E-state index in [1.54, 1.807) is 6.07 Å². The summed E-state index contributed by atoms with van der Waals surface area (Å²) >= 11 is 0. The second kappa shape index (κ2) is 8.10. The van der Waals surface area contributed by atoms with Crippen LogP contribution in [0.15, 0.2) is 24.3 Å². The van der Waals surface area contributed by atoms with Crippen LogP contribution in [0, 0.1) is 17.2 Å². The quantitative estimate of drug-likeness (QED) is 0.865. The van der Waals surface area contributed by atoms with E-state index in [0.29, 0.717) is 31.7 Å². The molecule has 1 atom stereocenters. The molecule has 1 aromatic carbocycles. The van der Waals surface area contributed by atoms with E-state index in [0.717, 1.165) is 31.2 Å². The van der Waals surface area contributed by atoms with Gasteiger partial charge in [0.05, 0.1) is 23.8 Å². The van der Waals surface area contributed by atoms with Crippen LogP contribution in [-0.2, 0) is 16.1 Å². The number of carbonyl (C=O) groups excluding carboxylic acids is 2. The Bertz CT molecular complexity index is 747. The zero-order valence-corrected chi connectivity index (χ0v) is 16.2. The van der Waals surface area contributed by atoms with E-state index >= 15 is 0 Å². The molecular weight excluding hydrogens is 340 g/mol. The second-order valence-corrected chi connectivity index (χ2v) is 7.65. The van der Waals surface area contributed by atoms with E-state index in [2.05, 4.69) is 18.3 Å². The first kappa shape index (κ1) is 19.4. The molecule has 144 valence electrons. The molecule has 2 aliphatic rings. The third-order valence-electron chi connectivity index (χ3n) is 5.90. The molecule has 1 spiro atoms. The molecule has 2 aliphatic heterocycles. The minimum absolute atomic E-state index is 0.0563. The summed E-state index contributed by atoms with van der Waals surface area (Å²) < 4.78 is 0. The van der Waals surface area contributed by atoms with E-state index in [9.17, 15) is 14.9 Å². The molecule has 0 saturated carbocycles. The normalized spacial score (nSPS) is 20.0. The number of hydrogen-bond acceptors (Lipinski definition) is 4. The lowest BCUT2D eigenvalue weighted by Gasteiger charge is -2.45. The van der Waals surface area contributed by atoms with Crippen LogP contribution in [0.4, 0.5) is 0 Å². The Morgan fingerprint density at radius 3 is 2.70 bits per heavy atom. The molecule has 3 rings (SSSR count). The molecule has 0 aromatic heterocycles.